The summed E-state index contributed by atoms with van der Waals surface area (Å²) in [6, 6.07) is 6.83. The summed E-state index contributed by atoms with van der Waals surface area (Å²) in [4.78, 5) is 0. The maximum absolute atomic E-state index is 4.38. The highest BCUT2D eigenvalue weighted by atomic mass is 14.9. The third-order valence-corrected chi connectivity index (χ3v) is 5.47. The first-order valence-electron chi connectivity index (χ1n) is 9.35. The highest BCUT2D eigenvalue weighted by Gasteiger charge is 2.23. The fourth-order valence-corrected chi connectivity index (χ4v) is 3.45. The van der Waals surface area contributed by atoms with Gasteiger partial charge < -0.3 is 5.32 Å². The van der Waals surface area contributed by atoms with E-state index in [1.165, 1.54) is 47.2 Å². The second-order valence-electron chi connectivity index (χ2n) is 7.26. The Hall–Kier alpha value is -1.76. The zero-order chi connectivity index (χ0) is 17.7. The normalized spacial score (nSPS) is 16.8. The highest BCUT2D eigenvalue weighted by Crippen LogP contribution is 2.39. The zero-order valence-corrected chi connectivity index (χ0v) is 15.9. The summed E-state index contributed by atoms with van der Waals surface area (Å²) in [5.41, 5.74) is 7.83. The first-order valence-corrected chi connectivity index (χ1v) is 9.35. The minimum Gasteiger partial charge on any atom is -0.359 e. The van der Waals surface area contributed by atoms with Crippen molar-refractivity contribution < 1.29 is 0 Å². The van der Waals surface area contributed by atoms with Gasteiger partial charge in [-0.3, -0.25) is 0 Å². The average Bonchev–Trinajstić information content (AvgIpc) is 2.51. The average molecular weight is 324 g/mol. The molecule has 0 aromatic heterocycles. The SMILES string of the molecule is C=CCC(C)/C(C)=C(\CC)NC(=C)c1cc(C)ccc1C1CCC1. The van der Waals surface area contributed by atoms with Crippen molar-refractivity contribution >= 4 is 5.70 Å². The summed E-state index contributed by atoms with van der Waals surface area (Å²) in [7, 11) is 0. The van der Waals surface area contributed by atoms with Crippen LogP contribution in [0.4, 0.5) is 0 Å². The van der Waals surface area contributed by atoms with Gasteiger partial charge in [0, 0.05) is 17.0 Å². The third kappa shape index (κ3) is 4.20. The Morgan fingerprint density at radius 3 is 2.62 bits per heavy atom. The molecule has 0 heterocycles. The first-order chi connectivity index (χ1) is 11.5. The molecule has 0 bridgehead atoms. The molecule has 24 heavy (non-hydrogen) atoms. The van der Waals surface area contributed by atoms with Gasteiger partial charge in [-0.1, -0.05) is 56.2 Å². The van der Waals surface area contributed by atoms with E-state index in [-0.39, 0.29) is 0 Å². The Balaban J connectivity index is 2.26. The molecule has 1 fully saturated rings. The van der Waals surface area contributed by atoms with Crippen molar-refractivity contribution in [1.82, 2.24) is 5.32 Å². The van der Waals surface area contributed by atoms with Crippen LogP contribution in [0.2, 0.25) is 0 Å². The second-order valence-corrected chi connectivity index (χ2v) is 7.26. The lowest BCUT2D eigenvalue weighted by Gasteiger charge is -2.29. The molecule has 0 saturated heterocycles. The minimum absolute atomic E-state index is 0.515. The lowest BCUT2D eigenvalue weighted by Crippen LogP contribution is -2.18. The molecule has 130 valence electrons. The molecule has 1 saturated carbocycles. The maximum Gasteiger partial charge on any atom is 0.0385 e. The van der Waals surface area contributed by atoms with Gasteiger partial charge in [-0.2, -0.15) is 0 Å². The number of aryl methyl sites for hydroxylation is 1. The Morgan fingerprint density at radius 1 is 1.38 bits per heavy atom. The van der Waals surface area contributed by atoms with Gasteiger partial charge in [-0.25, -0.2) is 0 Å². The molecule has 1 aliphatic carbocycles. The van der Waals surface area contributed by atoms with Gasteiger partial charge in [-0.05, 0) is 63.0 Å². The summed E-state index contributed by atoms with van der Waals surface area (Å²) in [6.07, 6.45) is 8.00. The van der Waals surface area contributed by atoms with Gasteiger partial charge >= 0.3 is 0 Å². The summed E-state index contributed by atoms with van der Waals surface area (Å²) in [6.45, 7) is 17.1. The molecular weight excluding hydrogens is 290 g/mol. The van der Waals surface area contributed by atoms with Gasteiger partial charge in [0.2, 0.25) is 0 Å². The van der Waals surface area contributed by atoms with E-state index in [4.69, 9.17) is 0 Å². The molecule has 1 heteroatoms. The van der Waals surface area contributed by atoms with Crippen molar-refractivity contribution in [2.24, 2.45) is 5.92 Å². The quantitative estimate of drug-likeness (QED) is 0.524. The Morgan fingerprint density at radius 2 is 2.08 bits per heavy atom. The van der Waals surface area contributed by atoms with Gasteiger partial charge in [-0.15, -0.1) is 6.58 Å². The van der Waals surface area contributed by atoms with Crippen molar-refractivity contribution in [3.63, 3.8) is 0 Å². The van der Waals surface area contributed by atoms with Crippen LogP contribution in [0, 0.1) is 12.8 Å². The number of allylic oxidation sites excluding steroid dienone is 3. The number of hydrogen-bond acceptors (Lipinski definition) is 1. The lowest BCUT2D eigenvalue weighted by atomic mass is 9.77. The molecule has 0 aliphatic heterocycles. The van der Waals surface area contributed by atoms with E-state index in [9.17, 15) is 0 Å². The Kier molecular flexibility index (Phi) is 6.48. The Labute approximate surface area is 148 Å². The van der Waals surface area contributed by atoms with Crippen LogP contribution in [0.3, 0.4) is 0 Å². The minimum atomic E-state index is 0.515. The van der Waals surface area contributed by atoms with E-state index in [1.807, 2.05) is 6.08 Å². The van der Waals surface area contributed by atoms with Crippen LogP contribution in [0.15, 0.2) is 48.7 Å². The molecule has 2 rings (SSSR count). The summed E-state index contributed by atoms with van der Waals surface area (Å²) < 4.78 is 0. The largest absolute Gasteiger partial charge is 0.359 e. The van der Waals surface area contributed by atoms with Crippen molar-refractivity contribution in [1.29, 1.82) is 0 Å². The molecular formula is C23H33N. The predicted molar refractivity (Wildman–Crippen MR) is 107 cm³/mol. The van der Waals surface area contributed by atoms with Gasteiger partial charge in [0.1, 0.15) is 0 Å². The summed E-state index contributed by atoms with van der Waals surface area (Å²) >= 11 is 0. The highest BCUT2D eigenvalue weighted by molar-refractivity contribution is 5.68. The standard InChI is InChI=1S/C23H33N/c1-7-10-17(4)18(5)23(8-2)24-19(6)22-15-16(3)13-14-21(22)20-11-9-12-20/h7,13-15,17,20,24H,1,6,8-12H2,2-5H3/b23-18+. The van der Waals surface area contributed by atoms with Crippen LogP contribution in [0.25, 0.3) is 5.70 Å². The van der Waals surface area contributed by atoms with Crippen LogP contribution in [-0.4, -0.2) is 0 Å². The van der Waals surface area contributed by atoms with Crippen LogP contribution in [-0.2, 0) is 0 Å². The number of hydrogen-bond donors (Lipinski definition) is 1. The van der Waals surface area contributed by atoms with Crippen LogP contribution < -0.4 is 5.32 Å². The first kappa shape index (κ1) is 18.6. The van der Waals surface area contributed by atoms with Crippen molar-refractivity contribution in [2.45, 2.75) is 65.7 Å². The van der Waals surface area contributed by atoms with E-state index in [1.54, 1.807) is 0 Å². The maximum atomic E-state index is 4.38. The molecule has 1 N–H and O–H groups in total. The number of nitrogens with one attached hydrogen (secondary N) is 1. The summed E-state index contributed by atoms with van der Waals surface area (Å²) in [5.74, 6) is 1.23. The molecule has 1 unspecified atom stereocenters. The van der Waals surface area contributed by atoms with Crippen LogP contribution >= 0.6 is 0 Å². The van der Waals surface area contributed by atoms with Crippen LogP contribution in [0.5, 0.6) is 0 Å². The lowest BCUT2D eigenvalue weighted by molar-refractivity contribution is 0.419. The number of benzene rings is 1. The molecule has 1 aliphatic rings. The predicted octanol–water partition coefficient (Wildman–Crippen LogP) is 6.72. The van der Waals surface area contributed by atoms with Gasteiger partial charge in [0.15, 0.2) is 0 Å². The van der Waals surface area contributed by atoms with Crippen molar-refractivity contribution in [3.8, 4) is 0 Å². The molecule has 1 aromatic rings. The van der Waals surface area contributed by atoms with E-state index in [2.05, 4.69) is 64.4 Å². The molecule has 1 aromatic carbocycles. The molecule has 1 atom stereocenters. The Bertz CT molecular complexity index is 631. The van der Waals surface area contributed by atoms with Gasteiger partial charge in [0.05, 0.1) is 0 Å². The van der Waals surface area contributed by atoms with E-state index in [0.717, 1.165) is 18.5 Å². The van der Waals surface area contributed by atoms with Crippen molar-refractivity contribution in [2.75, 3.05) is 0 Å². The van der Waals surface area contributed by atoms with Crippen molar-refractivity contribution in [3.05, 3.63) is 65.4 Å². The van der Waals surface area contributed by atoms with Gasteiger partial charge in [0.25, 0.3) is 0 Å². The number of rotatable bonds is 8. The topological polar surface area (TPSA) is 12.0 Å². The monoisotopic (exact) mass is 323 g/mol. The molecule has 1 nitrogen and oxygen atoms in total. The smallest absolute Gasteiger partial charge is 0.0385 e. The molecule has 0 spiro atoms. The fraction of sp³-hybridized carbons (Fsp3) is 0.478. The van der Waals surface area contributed by atoms with E-state index < -0.39 is 0 Å². The van der Waals surface area contributed by atoms with Crippen LogP contribution in [0.1, 0.15) is 75.5 Å². The fourth-order valence-electron chi connectivity index (χ4n) is 3.45. The second kappa shape index (κ2) is 8.37. The third-order valence-electron chi connectivity index (χ3n) is 5.47. The van der Waals surface area contributed by atoms with E-state index >= 15 is 0 Å². The zero-order valence-electron chi connectivity index (χ0n) is 15.9. The molecule has 0 radical (unpaired) electrons. The summed E-state index contributed by atoms with van der Waals surface area (Å²) in [5, 5.41) is 3.64. The molecule has 0 amide bonds. The van der Waals surface area contributed by atoms with E-state index in [0.29, 0.717) is 11.8 Å².